The van der Waals surface area contributed by atoms with E-state index in [1.54, 1.807) is 6.92 Å². The molecule has 0 spiro atoms. The lowest BCUT2D eigenvalue weighted by atomic mass is 10.0. The minimum Gasteiger partial charge on any atom is -0.381 e. The van der Waals surface area contributed by atoms with E-state index in [9.17, 15) is 4.79 Å². The molecule has 4 nitrogen and oxygen atoms in total. The Hall–Kier alpha value is -1.08. The molecular weight excluding hydrogens is 168 g/mol. The van der Waals surface area contributed by atoms with Gasteiger partial charge in [-0.2, -0.15) is 5.26 Å². The van der Waals surface area contributed by atoms with Crippen molar-refractivity contribution in [2.45, 2.75) is 25.8 Å². The average Bonchev–Trinajstić information content (AvgIpc) is 2.56. The van der Waals surface area contributed by atoms with E-state index in [4.69, 9.17) is 10.00 Å². The van der Waals surface area contributed by atoms with Crippen molar-refractivity contribution in [1.82, 2.24) is 5.32 Å². The van der Waals surface area contributed by atoms with E-state index in [1.807, 2.05) is 6.07 Å². The van der Waals surface area contributed by atoms with Crippen LogP contribution in [0.2, 0.25) is 0 Å². The van der Waals surface area contributed by atoms with Crippen molar-refractivity contribution >= 4 is 5.91 Å². The molecule has 0 aliphatic carbocycles. The molecule has 0 aromatic carbocycles. The summed E-state index contributed by atoms with van der Waals surface area (Å²) in [6.07, 6.45) is 1.43. The van der Waals surface area contributed by atoms with Crippen molar-refractivity contribution in [3.05, 3.63) is 0 Å². The minimum absolute atomic E-state index is 0.0513. The van der Waals surface area contributed by atoms with E-state index in [-0.39, 0.29) is 5.91 Å². The lowest BCUT2D eigenvalue weighted by molar-refractivity contribution is -0.122. The van der Waals surface area contributed by atoms with Crippen molar-refractivity contribution in [3.63, 3.8) is 0 Å². The summed E-state index contributed by atoms with van der Waals surface area (Å²) in [5.41, 5.74) is 0. The fourth-order valence-corrected chi connectivity index (χ4v) is 1.34. The quantitative estimate of drug-likeness (QED) is 0.689. The molecule has 1 saturated heterocycles. The topological polar surface area (TPSA) is 62.1 Å². The third-order valence-corrected chi connectivity index (χ3v) is 2.07. The number of hydrogen-bond acceptors (Lipinski definition) is 3. The highest BCUT2D eigenvalue weighted by molar-refractivity contribution is 5.76. The first kappa shape index (κ1) is 10.0. The van der Waals surface area contributed by atoms with Gasteiger partial charge in [0.05, 0.1) is 6.07 Å². The Kier molecular flexibility index (Phi) is 3.71. The van der Waals surface area contributed by atoms with Crippen LogP contribution in [0.1, 0.15) is 19.8 Å². The van der Waals surface area contributed by atoms with Crippen molar-refractivity contribution in [1.29, 1.82) is 5.26 Å². The van der Waals surface area contributed by atoms with Crippen LogP contribution in [-0.2, 0) is 9.53 Å². The van der Waals surface area contributed by atoms with E-state index in [2.05, 4.69) is 5.32 Å². The molecule has 1 rings (SSSR count). The molecule has 1 amide bonds. The molecule has 72 valence electrons. The van der Waals surface area contributed by atoms with Gasteiger partial charge in [-0.3, -0.25) is 4.79 Å². The number of nitriles is 1. The van der Waals surface area contributed by atoms with Crippen LogP contribution >= 0.6 is 0 Å². The molecule has 0 aromatic rings. The number of rotatable bonds is 3. The molecule has 1 aliphatic heterocycles. The van der Waals surface area contributed by atoms with Gasteiger partial charge >= 0.3 is 0 Å². The maximum Gasteiger partial charge on any atom is 0.221 e. The Labute approximate surface area is 77.9 Å². The predicted octanol–water partition coefficient (Wildman–Crippen LogP) is 0.441. The molecule has 1 aliphatic rings. The first-order valence-electron chi connectivity index (χ1n) is 4.49. The van der Waals surface area contributed by atoms with Crippen molar-refractivity contribution in [3.8, 4) is 6.07 Å². The normalized spacial score (nSPS) is 23.5. The predicted molar refractivity (Wildman–Crippen MR) is 46.8 cm³/mol. The van der Waals surface area contributed by atoms with Gasteiger partial charge in [-0.05, 0) is 19.3 Å². The lowest BCUT2D eigenvalue weighted by Gasteiger charge is -2.09. The number of hydrogen-bond donors (Lipinski definition) is 1. The molecule has 0 saturated carbocycles. The maximum absolute atomic E-state index is 11.3. The smallest absolute Gasteiger partial charge is 0.221 e. The molecular formula is C9H14N2O2. The first-order chi connectivity index (χ1) is 6.22. The van der Waals surface area contributed by atoms with Crippen LogP contribution in [0.25, 0.3) is 0 Å². The second-order valence-electron chi connectivity index (χ2n) is 3.35. The highest BCUT2D eigenvalue weighted by atomic mass is 16.5. The number of ether oxygens (including phenoxy) is 1. The zero-order chi connectivity index (χ0) is 9.68. The van der Waals surface area contributed by atoms with E-state index < -0.39 is 6.04 Å². The van der Waals surface area contributed by atoms with Crippen LogP contribution in [-0.4, -0.2) is 25.2 Å². The average molecular weight is 182 g/mol. The fraction of sp³-hybridized carbons (Fsp3) is 0.778. The molecule has 2 atom stereocenters. The van der Waals surface area contributed by atoms with Gasteiger partial charge < -0.3 is 10.1 Å². The van der Waals surface area contributed by atoms with Crippen molar-refractivity contribution < 1.29 is 9.53 Å². The Morgan fingerprint density at radius 2 is 2.62 bits per heavy atom. The van der Waals surface area contributed by atoms with Gasteiger partial charge in [0.15, 0.2) is 0 Å². The largest absolute Gasteiger partial charge is 0.381 e. The van der Waals surface area contributed by atoms with Crippen molar-refractivity contribution in [2.75, 3.05) is 13.2 Å². The maximum atomic E-state index is 11.3. The summed E-state index contributed by atoms with van der Waals surface area (Å²) in [6.45, 7) is 3.10. The molecule has 4 heteroatoms. The summed E-state index contributed by atoms with van der Waals surface area (Å²) < 4.78 is 5.14. The summed E-state index contributed by atoms with van der Waals surface area (Å²) in [7, 11) is 0. The summed E-state index contributed by atoms with van der Waals surface area (Å²) in [5, 5.41) is 11.1. The van der Waals surface area contributed by atoms with Crippen LogP contribution in [0.3, 0.4) is 0 Å². The summed E-state index contributed by atoms with van der Waals surface area (Å²) >= 11 is 0. The van der Waals surface area contributed by atoms with E-state index in [1.165, 1.54) is 0 Å². The molecule has 0 radical (unpaired) electrons. The number of carbonyl (C=O) groups excluding carboxylic acids is 1. The molecule has 1 fully saturated rings. The van der Waals surface area contributed by atoms with Gasteiger partial charge in [-0.25, -0.2) is 0 Å². The van der Waals surface area contributed by atoms with Gasteiger partial charge in [0.25, 0.3) is 0 Å². The molecule has 0 bridgehead atoms. The van der Waals surface area contributed by atoms with Gasteiger partial charge in [-0.1, -0.05) is 0 Å². The highest BCUT2D eigenvalue weighted by Gasteiger charge is 2.19. The second-order valence-corrected chi connectivity index (χ2v) is 3.35. The van der Waals surface area contributed by atoms with Gasteiger partial charge in [0.1, 0.15) is 6.04 Å². The van der Waals surface area contributed by atoms with E-state index in [0.29, 0.717) is 18.9 Å². The lowest BCUT2D eigenvalue weighted by Crippen LogP contribution is -2.32. The zero-order valence-electron chi connectivity index (χ0n) is 7.75. The third kappa shape index (κ3) is 3.43. The number of carbonyl (C=O) groups is 1. The second kappa shape index (κ2) is 4.83. The zero-order valence-corrected chi connectivity index (χ0v) is 7.75. The van der Waals surface area contributed by atoms with Crippen LogP contribution in [0.4, 0.5) is 0 Å². The van der Waals surface area contributed by atoms with Crippen LogP contribution in [0.15, 0.2) is 0 Å². The Balaban J connectivity index is 2.21. The standard InChI is InChI=1S/C9H14N2O2/c1-7(5-10)11-9(12)4-8-2-3-13-6-8/h7-8H,2-4,6H2,1H3,(H,11,12)/t7-,8-/m1/s1. The summed E-state index contributed by atoms with van der Waals surface area (Å²) in [5.74, 6) is 0.287. The summed E-state index contributed by atoms with van der Waals surface area (Å²) in [6, 6.07) is 1.56. The highest BCUT2D eigenvalue weighted by Crippen LogP contribution is 2.15. The van der Waals surface area contributed by atoms with E-state index in [0.717, 1.165) is 13.0 Å². The van der Waals surface area contributed by atoms with Gasteiger partial charge in [-0.15, -0.1) is 0 Å². The number of nitrogens with one attached hydrogen (secondary N) is 1. The van der Waals surface area contributed by atoms with Crippen molar-refractivity contribution in [2.24, 2.45) is 5.92 Å². The van der Waals surface area contributed by atoms with Crippen LogP contribution in [0, 0.1) is 17.2 Å². The minimum atomic E-state index is -0.394. The van der Waals surface area contributed by atoms with Gasteiger partial charge in [0.2, 0.25) is 5.91 Å². The SMILES string of the molecule is C[C@H](C#N)NC(=O)C[C@H]1CCOC1. The van der Waals surface area contributed by atoms with E-state index >= 15 is 0 Å². The van der Waals surface area contributed by atoms with Gasteiger partial charge in [0, 0.05) is 19.6 Å². The Bertz CT molecular complexity index is 216. The summed E-state index contributed by atoms with van der Waals surface area (Å²) in [4.78, 5) is 11.3. The number of amides is 1. The van der Waals surface area contributed by atoms with Crippen LogP contribution < -0.4 is 5.32 Å². The molecule has 0 unspecified atom stereocenters. The molecule has 0 aromatic heterocycles. The van der Waals surface area contributed by atoms with Crippen LogP contribution in [0.5, 0.6) is 0 Å². The first-order valence-corrected chi connectivity index (χ1v) is 4.49. The monoisotopic (exact) mass is 182 g/mol. The fourth-order valence-electron chi connectivity index (χ4n) is 1.34. The molecule has 13 heavy (non-hydrogen) atoms. The number of nitrogens with zero attached hydrogens (tertiary/aromatic N) is 1. The molecule has 1 heterocycles. The molecule has 1 N–H and O–H groups in total. The Morgan fingerprint density at radius 3 is 3.15 bits per heavy atom. The third-order valence-electron chi connectivity index (χ3n) is 2.07. The Morgan fingerprint density at radius 1 is 1.85 bits per heavy atom.